The Morgan fingerprint density at radius 3 is 2.31 bits per heavy atom. The lowest BCUT2D eigenvalue weighted by Gasteiger charge is -2.01. The third-order valence-corrected chi connectivity index (χ3v) is 2.20. The van der Waals surface area contributed by atoms with Gasteiger partial charge in [0.2, 0.25) is 9.04 Å². The molecule has 0 aromatic heterocycles. The van der Waals surface area contributed by atoms with Gasteiger partial charge in [0.05, 0.1) is 6.61 Å². The zero-order valence-electron chi connectivity index (χ0n) is 9.93. The van der Waals surface area contributed by atoms with Crippen LogP contribution >= 0.6 is 0 Å². The third-order valence-electron chi connectivity index (χ3n) is 1.52. The fourth-order valence-corrected chi connectivity index (χ4v) is 1.30. The van der Waals surface area contributed by atoms with Crippen molar-refractivity contribution in [2.24, 2.45) is 10.2 Å². The number of nitrogens with zero attached hydrogens (tertiary/aromatic N) is 2. The van der Waals surface area contributed by atoms with E-state index in [0.29, 0.717) is 6.61 Å². The second-order valence-corrected chi connectivity index (χ2v) is 5.79. The van der Waals surface area contributed by atoms with E-state index >= 15 is 0 Å². The van der Waals surface area contributed by atoms with E-state index in [1.54, 1.807) is 0 Å². The van der Waals surface area contributed by atoms with Crippen LogP contribution in [0.1, 0.15) is 26.2 Å². The SMILES string of the molecule is CCCCCOC(=O)N=NC(=O)O[SiH](C)C. The van der Waals surface area contributed by atoms with E-state index in [2.05, 4.69) is 10.2 Å². The summed E-state index contributed by atoms with van der Waals surface area (Å²) in [6.45, 7) is 5.99. The summed E-state index contributed by atoms with van der Waals surface area (Å²) >= 11 is 0. The van der Waals surface area contributed by atoms with E-state index < -0.39 is 21.2 Å². The number of hydrogen-bond donors (Lipinski definition) is 0. The van der Waals surface area contributed by atoms with Gasteiger partial charge < -0.3 is 9.16 Å². The van der Waals surface area contributed by atoms with E-state index in [-0.39, 0.29) is 0 Å². The molecule has 16 heavy (non-hydrogen) atoms. The summed E-state index contributed by atoms with van der Waals surface area (Å²) in [6.07, 6.45) is 1.15. The molecule has 0 aliphatic carbocycles. The first-order valence-corrected chi connectivity index (χ1v) is 8.13. The molecule has 0 saturated heterocycles. The van der Waals surface area contributed by atoms with E-state index in [1.165, 1.54) is 0 Å². The first-order valence-electron chi connectivity index (χ1n) is 5.35. The van der Waals surface area contributed by atoms with E-state index in [0.717, 1.165) is 19.3 Å². The third kappa shape index (κ3) is 9.32. The van der Waals surface area contributed by atoms with Crippen molar-refractivity contribution in [1.29, 1.82) is 0 Å². The van der Waals surface area contributed by atoms with Crippen LogP contribution in [0.3, 0.4) is 0 Å². The fourth-order valence-electron chi connectivity index (χ4n) is 0.847. The van der Waals surface area contributed by atoms with Crippen LogP contribution < -0.4 is 0 Å². The van der Waals surface area contributed by atoms with Gasteiger partial charge in [-0.2, -0.15) is 0 Å². The molecule has 0 rings (SSSR count). The lowest BCUT2D eigenvalue weighted by atomic mass is 10.3. The average Bonchev–Trinajstić information content (AvgIpc) is 2.20. The van der Waals surface area contributed by atoms with Crippen LogP contribution in [-0.4, -0.2) is 27.8 Å². The Labute approximate surface area is 96.8 Å². The Morgan fingerprint density at radius 2 is 1.75 bits per heavy atom. The largest absolute Gasteiger partial charge is 0.504 e. The van der Waals surface area contributed by atoms with Gasteiger partial charge in [-0.1, -0.05) is 30.0 Å². The van der Waals surface area contributed by atoms with Gasteiger partial charge in [-0.25, -0.2) is 9.59 Å². The molecule has 0 aliphatic heterocycles. The maximum absolute atomic E-state index is 10.9. The number of hydrogen-bond acceptors (Lipinski definition) is 4. The topological polar surface area (TPSA) is 77.3 Å². The molecular weight excluding hydrogens is 228 g/mol. The highest BCUT2D eigenvalue weighted by Gasteiger charge is 2.06. The zero-order valence-corrected chi connectivity index (χ0v) is 11.1. The van der Waals surface area contributed by atoms with Gasteiger partial charge in [-0.15, -0.1) is 0 Å². The number of amides is 2. The Kier molecular flexibility index (Phi) is 8.32. The van der Waals surface area contributed by atoms with Crippen molar-refractivity contribution in [1.82, 2.24) is 0 Å². The second-order valence-electron chi connectivity index (χ2n) is 3.45. The molecule has 0 spiro atoms. The molecule has 0 unspecified atom stereocenters. The summed E-state index contributed by atoms with van der Waals surface area (Å²) in [5.41, 5.74) is 0. The summed E-state index contributed by atoms with van der Waals surface area (Å²) in [5.74, 6) is 0. The molecule has 0 atom stereocenters. The number of carbonyl (C=O) groups excluding carboxylic acids is 2. The van der Waals surface area contributed by atoms with Crippen LogP contribution in [0.15, 0.2) is 10.2 Å². The van der Waals surface area contributed by atoms with E-state index in [9.17, 15) is 9.59 Å². The normalized spacial score (nSPS) is 10.8. The van der Waals surface area contributed by atoms with Gasteiger partial charge in [0.1, 0.15) is 0 Å². The molecule has 7 heteroatoms. The van der Waals surface area contributed by atoms with Crippen molar-refractivity contribution in [2.75, 3.05) is 6.61 Å². The minimum atomic E-state index is -1.48. The van der Waals surface area contributed by atoms with Crippen molar-refractivity contribution < 1.29 is 18.8 Å². The van der Waals surface area contributed by atoms with Gasteiger partial charge in [0.25, 0.3) is 0 Å². The standard InChI is InChI=1S/C9H18N2O4Si/c1-4-5-6-7-14-8(12)10-11-9(13)15-16(2)3/h16H,4-7H2,1-3H3. The Morgan fingerprint density at radius 1 is 1.12 bits per heavy atom. The molecule has 2 amide bonds. The van der Waals surface area contributed by atoms with Crippen LogP contribution in [0.4, 0.5) is 9.59 Å². The highest BCUT2D eigenvalue weighted by molar-refractivity contribution is 6.50. The van der Waals surface area contributed by atoms with E-state index in [4.69, 9.17) is 9.16 Å². The van der Waals surface area contributed by atoms with Gasteiger partial charge in [-0.05, 0) is 19.5 Å². The van der Waals surface area contributed by atoms with Crippen molar-refractivity contribution in [3.63, 3.8) is 0 Å². The first-order chi connectivity index (χ1) is 7.56. The zero-order chi connectivity index (χ0) is 12.4. The van der Waals surface area contributed by atoms with Crippen LogP contribution in [-0.2, 0) is 9.16 Å². The summed E-state index contributed by atoms with van der Waals surface area (Å²) in [5, 5.41) is 6.17. The summed E-state index contributed by atoms with van der Waals surface area (Å²) in [7, 11) is -1.48. The van der Waals surface area contributed by atoms with Gasteiger partial charge >= 0.3 is 12.2 Å². The first kappa shape index (κ1) is 14.8. The van der Waals surface area contributed by atoms with Crippen molar-refractivity contribution in [2.45, 2.75) is 39.3 Å². The van der Waals surface area contributed by atoms with Crippen molar-refractivity contribution >= 4 is 21.2 Å². The number of unbranched alkanes of at least 4 members (excludes halogenated alkanes) is 2. The Hall–Kier alpha value is -1.24. The van der Waals surface area contributed by atoms with Gasteiger partial charge in [0.15, 0.2) is 0 Å². The monoisotopic (exact) mass is 246 g/mol. The molecule has 0 aromatic carbocycles. The lowest BCUT2D eigenvalue weighted by Crippen LogP contribution is -2.11. The summed E-state index contributed by atoms with van der Waals surface area (Å²) in [4.78, 5) is 21.8. The van der Waals surface area contributed by atoms with E-state index in [1.807, 2.05) is 20.0 Å². The van der Waals surface area contributed by atoms with Crippen LogP contribution in [0.2, 0.25) is 13.1 Å². The smallest absolute Gasteiger partial charge is 0.452 e. The molecule has 0 heterocycles. The molecule has 0 N–H and O–H groups in total. The summed E-state index contributed by atoms with van der Waals surface area (Å²) in [6, 6.07) is 0. The number of rotatable bonds is 5. The van der Waals surface area contributed by atoms with Crippen LogP contribution in [0.5, 0.6) is 0 Å². The molecule has 0 fully saturated rings. The number of ether oxygens (including phenoxy) is 1. The van der Waals surface area contributed by atoms with Crippen molar-refractivity contribution in [3.8, 4) is 0 Å². The predicted molar refractivity (Wildman–Crippen MR) is 61.1 cm³/mol. The number of carbonyl (C=O) groups is 2. The molecule has 92 valence electrons. The fraction of sp³-hybridized carbons (Fsp3) is 0.778. The van der Waals surface area contributed by atoms with Crippen LogP contribution in [0, 0.1) is 0 Å². The molecule has 0 aliphatic rings. The average molecular weight is 246 g/mol. The molecule has 0 bridgehead atoms. The minimum Gasteiger partial charge on any atom is -0.504 e. The Balaban J connectivity index is 3.69. The Bertz CT molecular complexity index is 256. The van der Waals surface area contributed by atoms with Gasteiger partial charge in [0, 0.05) is 0 Å². The highest BCUT2D eigenvalue weighted by Crippen LogP contribution is 1.97. The van der Waals surface area contributed by atoms with Crippen LogP contribution in [0.25, 0.3) is 0 Å². The van der Waals surface area contributed by atoms with Crippen molar-refractivity contribution in [3.05, 3.63) is 0 Å². The maximum atomic E-state index is 10.9. The summed E-state index contributed by atoms with van der Waals surface area (Å²) < 4.78 is 9.48. The molecular formula is C9H18N2O4Si. The molecule has 0 radical (unpaired) electrons. The second kappa shape index (κ2) is 9.02. The molecule has 6 nitrogen and oxygen atoms in total. The predicted octanol–water partition coefficient (Wildman–Crippen LogP) is 2.89. The number of azo groups is 1. The van der Waals surface area contributed by atoms with Gasteiger partial charge in [-0.3, -0.25) is 0 Å². The molecule has 0 aromatic rings. The minimum absolute atomic E-state index is 0.305. The highest BCUT2D eigenvalue weighted by atomic mass is 28.3. The quantitative estimate of drug-likeness (QED) is 0.424. The lowest BCUT2D eigenvalue weighted by molar-refractivity contribution is 0.152. The molecule has 0 saturated carbocycles. The maximum Gasteiger partial charge on any atom is 0.452 e.